The largest absolute Gasteiger partial charge is 0.299 e. The molecule has 0 bridgehead atoms. The molecule has 20 heavy (non-hydrogen) atoms. The molecular formula is C17H15ClOS. The Morgan fingerprint density at radius 2 is 2.10 bits per heavy atom. The number of carbonyl (C=O) groups excluding carboxylic acids is 1. The molecule has 3 rings (SSSR count). The summed E-state index contributed by atoms with van der Waals surface area (Å²) in [5, 5.41) is 0.692. The van der Waals surface area contributed by atoms with Gasteiger partial charge in [-0.2, -0.15) is 0 Å². The number of aryl methyl sites for hydroxylation is 1. The van der Waals surface area contributed by atoms with Crippen LogP contribution >= 0.6 is 23.4 Å². The van der Waals surface area contributed by atoms with Crippen LogP contribution in [0.3, 0.4) is 0 Å². The second-order valence-corrected chi connectivity index (χ2v) is 6.61. The monoisotopic (exact) mass is 302 g/mol. The highest BCUT2D eigenvalue weighted by Crippen LogP contribution is 2.40. The van der Waals surface area contributed by atoms with E-state index in [-0.39, 0.29) is 11.7 Å². The molecule has 1 aliphatic rings. The summed E-state index contributed by atoms with van der Waals surface area (Å²) in [5.74, 6) is 1.11. The van der Waals surface area contributed by atoms with E-state index in [1.54, 1.807) is 11.8 Å². The van der Waals surface area contributed by atoms with Crippen molar-refractivity contribution in [1.29, 1.82) is 0 Å². The topological polar surface area (TPSA) is 17.1 Å². The minimum Gasteiger partial charge on any atom is -0.299 e. The fourth-order valence-corrected chi connectivity index (χ4v) is 4.10. The highest BCUT2D eigenvalue weighted by Gasteiger charge is 2.28. The third-order valence-corrected chi connectivity index (χ3v) is 5.20. The van der Waals surface area contributed by atoms with Crippen LogP contribution in [0.4, 0.5) is 0 Å². The van der Waals surface area contributed by atoms with E-state index in [0.29, 0.717) is 11.4 Å². The fourth-order valence-electron chi connectivity index (χ4n) is 2.54. The van der Waals surface area contributed by atoms with Crippen LogP contribution in [0.25, 0.3) is 0 Å². The van der Waals surface area contributed by atoms with E-state index in [2.05, 4.69) is 12.1 Å². The molecule has 0 saturated carbocycles. The van der Waals surface area contributed by atoms with Gasteiger partial charge < -0.3 is 0 Å². The van der Waals surface area contributed by atoms with Crippen LogP contribution in [-0.4, -0.2) is 11.5 Å². The number of thioether (sulfide) groups is 1. The minimum absolute atomic E-state index is 0.00793. The molecule has 1 unspecified atom stereocenters. The Kier molecular flexibility index (Phi) is 3.86. The molecule has 3 heteroatoms. The summed E-state index contributed by atoms with van der Waals surface area (Å²) < 4.78 is 0. The first-order valence-electron chi connectivity index (χ1n) is 6.64. The smallest absolute Gasteiger partial charge is 0.145 e. The summed E-state index contributed by atoms with van der Waals surface area (Å²) in [6.07, 6.45) is 0.415. The third-order valence-electron chi connectivity index (χ3n) is 3.66. The fraction of sp³-hybridized carbons (Fsp3) is 0.235. The van der Waals surface area contributed by atoms with E-state index in [9.17, 15) is 4.79 Å². The van der Waals surface area contributed by atoms with E-state index in [1.807, 2.05) is 37.3 Å². The molecule has 102 valence electrons. The normalized spacial score (nSPS) is 17.0. The van der Waals surface area contributed by atoms with Crippen LogP contribution in [-0.2, 0) is 11.2 Å². The van der Waals surface area contributed by atoms with Crippen molar-refractivity contribution >= 4 is 29.1 Å². The molecule has 0 spiro atoms. The quantitative estimate of drug-likeness (QED) is 0.821. The highest BCUT2D eigenvalue weighted by atomic mass is 35.5. The van der Waals surface area contributed by atoms with Crippen molar-refractivity contribution in [2.75, 3.05) is 5.75 Å². The molecule has 1 atom stereocenters. The number of fused-ring (bicyclic) bond motifs is 1. The van der Waals surface area contributed by atoms with Crippen LogP contribution in [0, 0.1) is 6.92 Å². The first-order valence-corrected chi connectivity index (χ1v) is 8.01. The maximum Gasteiger partial charge on any atom is 0.145 e. The van der Waals surface area contributed by atoms with Gasteiger partial charge in [0.15, 0.2) is 0 Å². The van der Waals surface area contributed by atoms with E-state index in [0.717, 1.165) is 16.9 Å². The van der Waals surface area contributed by atoms with Crippen molar-refractivity contribution in [3.05, 3.63) is 64.2 Å². The number of halogens is 1. The SMILES string of the molecule is Cc1ccc(CC(=O)C2CSc3ccccc32)c(Cl)c1. The Balaban J connectivity index is 1.81. The number of hydrogen-bond donors (Lipinski definition) is 0. The average molecular weight is 303 g/mol. The van der Waals surface area contributed by atoms with Gasteiger partial charge >= 0.3 is 0 Å². The lowest BCUT2D eigenvalue weighted by Crippen LogP contribution is -2.15. The van der Waals surface area contributed by atoms with Crippen molar-refractivity contribution < 1.29 is 4.79 Å². The molecule has 0 fully saturated rings. The van der Waals surface area contributed by atoms with Gasteiger partial charge in [0.25, 0.3) is 0 Å². The molecule has 2 aromatic rings. The van der Waals surface area contributed by atoms with Crippen molar-refractivity contribution in [3.63, 3.8) is 0 Å². The van der Waals surface area contributed by atoms with Crippen LogP contribution in [0.5, 0.6) is 0 Å². The molecule has 1 heterocycles. The van der Waals surface area contributed by atoms with Crippen LogP contribution in [0.2, 0.25) is 5.02 Å². The van der Waals surface area contributed by atoms with Crippen molar-refractivity contribution in [3.8, 4) is 0 Å². The van der Waals surface area contributed by atoms with E-state index < -0.39 is 0 Å². The number of rotatable bonds is 3. The van der Waals surface area contributed by atoms with E-state index in [1.165, 1.54) is 10.5 Å². The van der Waals surface area contributed by atoms with Gasteiger partial charge in [0.1, 0.15) is 5.78 Å². The standard InChI is InChI=1S/C17H15ClOS/c1-11-6-7-12(15(18)8-11)9-16(19)14-10-20-17-5-3-2-4-13(14)17/h2-8,14H,9-10H2,1H3. The summed E-state index contributed by atoms with van der Waals surface area (Å²) >= 11 is 7.99. The van der Waals surface area contributed by atoms with Gasteiger partial charge in [-0.1, -0.05) is 41.9 Å². The van der Waals surface area contributed by atoms with Gasteiger partial charge in [-0.05, 0) is 35.7 Å². The molecule has 0 saturated heterocycles. The zero-order valence-corrected chi connectivity index (χ0v) is 12.8. The summed E-state index contributed by atoms with van der Waals surface area (Å²) in [5.41, 5.74) is 3.22. The first kappa shape index (κ1) is 13.7. The Bertz CT molecular complexity index is 666. The molecule has 2 aromatic carbocycles. The maximum absolute atomic E-state index is 12.5. The van der Waals surface area contributed by atoms with Crippen molar-refractivity contribution in [1.82, 2.24) is 0 Å². The van der Waals surface area contributed by atoms with Gasteiger partial charge in [0, 0.05) is 22.1 Å². The number of benzene rings is 2. The average Bonchev–Trinajstić information content (AvgIpc) is 2.86. The molecule has 0 radical (unpaired) electrons. The molecule has 0 amide bonds. The predicted molar refractivity (Wildman–Crippen MR) is 84.8 cm³/mol. The molecular weight excluding hydrogens is 288 g/mol. The number of carbonyl (C=O) groups is 1. The third kappa shape index (κ3) is 2.63. The van der Waals surface area contributed by atoms with Crippen LogP contribution in [0.1, 0.15) is 22.6 Å². The first-order chi connectivity index (χ1) is 9.65. The summed E-state index contributed by atoms with van der Waals surface area (Å²) in [7, 11) is 0. The van der Waals surface area contributed by atoms with Crippen LogP contribution < -0.4 is 0 Å². The Morgan fingerprint density at radius 3 is 2.90 bits per heavy atom. The van der Waals surface area contributed by atoms with Gasteiger partial charge in [-0.3, -0.25) is 4.79 Å². The molecule has 0 aromatic heterocycles. The lowest BCUT2D eigenvalue weighted by molar-refractivity contribution is -0.119. The van der Waals surface area contributed by atoms with E-state index >= 15 is 0 Å². The highest BCUT2D eigenvalue weighted by molar-refractivity contribution is 7.99. The zero-order chi connectivity index (χ0) is 14.1. The lowest BCUT2D eigenvalue weighted by Gasteiger charge is -2.11. The zero-order valence-electron chi connectivity index (χ0n) is 11.2. The van der Waals surface area contributed by atoms with Gasteiger partial charge in [0.05, 0.1) is 5.92 Å². The minimum atomic E-state index is 0.00793. The second-order valence-electron chi connectivity index (χ2n) is 5.14. The van der Waals surface area contributed by atoms with Gasteiger partial charge in [0.2, 0.25) is 0 Å². The molecule has 0 N–H and O–H groups in total. The summed E-state index contributed by atoms with van der Waals surface area (Å²) in [6, 6.07) is 14.1. The van der Waals surface area contributed by atoms with Crippen molar-refractivity contribution in [2.24, 2.45) is 0 Å². The molecule has 1 aliphatic heterocycles. The van der Waals surface area contributed by atoms with Gasteiger partial charge in [-0.15, -0.1) is 11.8 Å². The lowest BCUT2D eigenvalue weighted by atomic mass is 9.92. The van der Waals surface area contributed by atoms with Gasteiger partial charge in [-0.25, -0.2) is 0 Å². The number of hydrogen-bond acceptors (Lipinski definition) is 2. The van der Waals surface area contributed by atoms with E-state index in [4.69, 9.17) is 11.6 Å². The number of ketones is 1. The predicted octanol–water partition coefficient (Wildman–Crippen LogP) is 4.65. The number of Topliss-reactive ketones (excluding diaryl/α,β-unsaturated/α-hetero) is 1. The summed E-state index contributed by atoms with van der Waals surface area (Å²) in [4.78, 5) is 13.8. The van der Waals surface area contributed by atoms with Crippen LogP contribution in [0.15, 0.2) is 47.4 Å². The molecule has 0 aliphatic carbocycles. The van der Waals surface area contributed by atoms with Crippen molar-refractivity contribution in [2.45, 2.75) is 24.2 Å². The second kappa shape index (κ2) is 5.63. The Labute approximate surface area is 128 Å². The summed E-state index contributed by atoms with van der Waals surface area (Å²) in [6.45, 7) is 2.00. The maximum atomic E-state index is 12.5. The Hall–Kier alpha value is -1.25. The molecule has 1 nitrogen and oxygen atoms in total. The Morgan fingerprint density at radius 1 is 1.30 bits per heavy atom.